The lowest BCUT2D eigenvalue weighted by molar-refractivity contribution is 0.0599. The number of likely N-dealkylation sites (N-methyl/N-ethyl adjacent to an activating group) is 1. The van der Waals surface area contributed by atoms with Gasteiger partial charge in [-0.15, -0.1) is 0 Å². The fraction of sp³-hybridized carbons (Fsp3) is 0.381. The molecule has 28 heavy (non-hydrogen) atoms. The van der Waals surface area contributed by atoms with E-state index in [0.717, 1.165) is 5.56 Å². The molecule has 0 radical (unpaired) electrons. The molecule has 1 amide bonds. The predicted molar refractivity (Wildman–Crippen MR) is 107 cm³/mol. The van der Waals surface area contributed by atoms with Gasteiger partial charge in [0.1, 0.15) is 0 Å². The minimum Gasteiger partial charge on any atom is -0.465 e. The van der Waals surface area contributed by atoms with Crippen molar-refractivity contribution >= 4 is 17.7 Å². The molecule has 0 bridgehead atoms. The Balaban J connectivity index is 2.15. The van der Waals surface area contributed by atoms with Crippen LogP contribution in [-0.4, -0.2) is 54.8 Å². The molecule has 0 aliphatic rings. The number of Topliss-reactive ketones (excluding diaryl/α,β-unsaturated/α-hetero) is 1. The summed E-state index contributed by atoms with van der Waals surface area (Å²) in [6, 6.07) is 6.86. The fourth-order valence-corrected chi connectivity index (χ4v) is 3.14. The summed E-state index contributed by atoms with van der Waals surface area (Å²) in [6.45, 7) is 5.86. The molecule has 0 saturated carbocycles. The second kappa shape index (κ2) is 8.84. The van der Waals surface area contributed by atoms with Crippen molar-refractivity contribution in [2.24, 2.45) is 0 Å². The molecule has 1 atom stereocenters. The first-order valence-electron chi connectivity index (χ1n) is 9.04. The van der Waals surface area contributed by atoms with Gasteiger partial charge in [-0.1, -0.05) is 12.1 Å². The lowest BCUT2D eigenvalue weighted by Crippen LogP contribution is -2.36. The molecule has 1 aromatic carbocycles. The van der Waals surface area contributed by atoms with Crippen molar-refractivity contribution in [2.75, 3.05) is 21.2 Å². The van der Waals surface area contributed by atoms with Crippen LogP contribution in [-0.2, 0) is 11.3 Å². The molecule has 0 aliphatic heterocycles. The first-order valence-corrected chi connectivity index (χ1v) is 9.04. The largest absolute Gasteiger partial charge is 0.465 e. The SMILES string of the molecule is CNC(=O)c1ccc(CN(C)[C@H](C)C(=O)c2[nH]c(C)c(C(=O)OC)c2C)cc1. The van der Waals surface area contributed by atoms with Crippen molar-refractivity contribution in [1.29, 1.82) is 0 Å². The van der Waals surface area contributed by atoms with Crippen LogP contribution >= 0.6 is 0 Å². The molecule has 2 rings (SSSR count). The van der Waals surface area contributed by atoms with E-state index in [1.807, 2.05) is 31.0 Å². The topological polar surface area (TPSA) is 91.5 Å². The van der Waals surface area contributed by atoms with E-state index in [1.54, 1.807) is 33.0 Å². The van der Waals surface area contributed by atoms with Gasteiger partial charge in [0, 0.05) is 24.8 Å². The summed E-state index contributed by atoms with van der Waals surface area (Å²) >= 11 is 0. The van der Waals surface area contributed by atoms with E-state index in [9.17, 15) is 14.4 Å². The highest BCUT2D eigenvalue weighted by molar-refractivity contribution is 6.03. The van der Waals surface area contributed by atoms with E-state index in [1.165, 1.54) is 7.11 Å². The molecular weight excluding hydrogens is 358 g/mol. The van der Waals surface area contributed by atoms with Gasteiger partial charge in [-0.3, -0.25) is 14.5 Å². The number of methoxy groups -OCH3 is 1. The first kappa shape index (κ1) is 21.4. The highest BCUT2D eigenvalue weighted by atomic mass is 16.5. The smallest absolute Gasteiger partial charge is 0.339 e. The number of nitrogens with zero attached hydrogens (tertiary/aromatic N) is 1. The Morgan fingerprint density at radius 3 is 2.32 bits per heavy atom. The van der Waals surface area contributed by atoms with Crippen LogP contribution in [0.1, 0.15) is 54.9 Å². The normalized spacial score (nSPS) is 12.0. The van der Waals surface area contributed by atoms with Gasteiger partial charge in [0.25, 0.3) is 5.91 Å². The monoisotopic (exact) mass is 385 g/mol. The maximum Gasteiger partial charge on any atom is 0.339 e. The van der Waals surface area contributed by atoms with Gasteiger partial charge in [-0.25, -0.2) is 4.79 Å². The number of nitrogens with one attached hydrogen (secondary N) is 2. The Hall–Kier alpha value is -2.93. The van der Waals surface area contributed by atoms with E-state index in [0.29, 0.717) is 34.6 Å². The van der Waals surface area contributed by atoms with Crippen molar-refractivity contribution in [3.8, 4) is 0 Å². The van der Waals surface area contributed by atoms with Gasteiger partial charge >= 0.3 is 5.97 Å². The highest BCUT2D eigenvalue weighted by Gasteiger charge is 2.27. The maximum atomic E-state index is 13.0. The van der Waals surface area contributed by atoms with E-state index in [4.69, 9.17) is 4.74 Å². The molecule has 2 N–H and O–H groups in total. The van der Waals surface area contributed by atoms with Crippen molar-refractivity contribution in [3.05, 3.63) is 57.9 Å². The molecule has 7 heteroatoms. The Morgan fingerprint density at radius 2 is 1.79 bits per heavy atom. The van der Waals surface area contributed by atoms with Crippen LogP contribution < -0.4 is 5.32 Å². The Morgan fingerprint density at radius 1 is 1.18 bits per heavy atom. The van der Waals surface area contributed by atoms with Gasteiger partial charge in [0.2, 0.25) is 0 Å². The lowest BCUT2D eigenvalue weighted by atomic mass is 10.0. The molecule has 0 spiro atoms. The number of hydrogen-bond acceptors (Lipinski definition) is 5. The summed E-state index contributed by atoms with van der Waals surface area (Å²) in [5, 5.41) is 2.59. The van der Waals surface area contributed by atoms with Crippen molar-refractivity contribution in [2.45, 2.75) is 33.4 Å². The molecule has 2 aromatic rings. The quantitative estimate of drug-likeness (QED) is 0.564. The third kappa shape index (κ3) is 4.31. The maximum absolute atomic E-state index is 13.0. The number of aryl methyl sites for hydroxylation is 1. The number of ether oxygens (including phenoxy) is 1. The van der Waals surface area contributed by atoms with Gasteiger partial charge < -0.3 is 15.0 Å². The minimum atomic E-state index is -0.456. The molecule has 150 valence electrons. The van der Waals surface area contributed by atoms with Crippen LogP contribution in [0.4, 0.5) is 0 Å². The van der Waals surface area contributed by atoms with Gasteiger partial charge in [0.05, 0.1) is 24.4 Å². The number of aromatic nitrogens is 1. The van der Waals surface area contributed by atoms with Crippen LogP contribution in [0.5, 0.6) is 0 Å². The van der Waals surface area contributed by atoms with Crippen molar-refractivity contribution in [3.63, 3.8) is 0 Å². The molecule has 0 saturated heterocycles. The number of hydrogen-bond donors (Lipinski definition) is 2. The number of benzene rings is 1. The predicted octanol–water partition coefficient (Wildman–Crippen LogP) is 2.48. The third-order valence-corrected chi connectivity index (χ3v) is 4.99. The Kier molecular flexibility index (Phi) is 6.75. The summed E-state index contributed by atoms with van der Waals surface area (Å²) in [5.41, 5.74) is 3.63. The van der Waals surface area contributed by atoms with Crippen molar-refractivity contribution in [1.82, 2.24) is 15.2 Å². The number of rotatable bonds is 7. The average Bonchev–Trinajstić information content (AvgIpc) is 3.00. The minimum absolute atomic E-state index is 0.0970. The van der Waals surface area contributed by atoms with E-state index >= 15 is 0 Å². The number of esters is 1. The third-order valence-electron chi connectivity index (χ3n) is 4.99. The standard InChI is InChI=1S/C21H27N3O4/c1-12-17(21(27)28-6)13(2)23-18(12)19(25)14(3)24(5)11-15-7-9-16(10-8-15)20(26)22-4/h7-10,14,23H,11H2,1-6H3,(H,22,26)/t14-/m1/s1. The average molecular weight is 385 g/mol. The number of H-pyrrole nitrogens is 1. The molecule has 1 aromatic heterocycles. The molecule has 7 nitrogen and oxygen atoms in total. The van der Waals surface area contributed by atoms with E-state index in [-0.39, 0.29) is 11.7 Å². The van der Waals surface area contributed by atoms with Crippen LogP contribution in [0.2, 0.25) is 0 Å². The number of aromatic amines is 1. The van der Waals surface area contributed by atoms with Gasteiger partial charge in [-0.05, 0) is 51.1 Å². The summed E-state index contributed by atoms with van der Waals surface area (Å²) in [5.74, 6) is -0.690. The summed E-state index contributed by atoms with van der Waals surface area (Å²) in [6.07, 6.45) is 0. The number of ketones is 1. The molecule has 0 aliphatic carbocycles. The van der Waals surface area contributed by atoms with Crippen LogP contribution in [0.25, 0.3) is 0 Å². The summed E-state index contributed by atoms with van der Waals surface area (Å²) < 4.78 is 4.80. The second-order valence-electron chi connectivity index (χ2n) is 6.85. The van der Waals surface area contributed by atoms with Crippen LogP contribution in [0.15, 0.2) is 24.3 Å². The Labute approximate surface area is 165 Å². The number of carbonyl (C=O) groups is 3. The summed E-state index contributed by atoms with van der Waals surface area (Å²) in [4.78, 5) is 41.5. The zero-order chi connectivity index (χ0) is 21.0. The number of carbonyl (C=O) groups excluding carboxylic acids is 3. The Bertz CT molecular complexity index is 884. The van der Waals surface area contributed by atoms with Gasteiger partial charge in [0.15, 0.2) is 5.78 Å². The zero-order valence-electron chi connectivity index (χ0n) is 17.2. The lowest BCUT2D eigenvalue weighted by Gasteiger charge is -2.23. The first-order chi connectivity index (χ1) is 13.2. The summed E-state index contributed by atoms with van der Waals surface area (Å²) in [7, 11) is 4.77. The van der Waals surface area contributed by atoms with E-state index < -0.39 is 12.0 Å². The van der Waals surface area contributed by atoms with E-state index in [2.05, 4.69) is 10.3 Å². The molecule has 0 unspecified atom stereocenters. The zero-order valence-corrected chi connectivity index (χ0v) is 17.2. The molecular formula is C21H27N3O4. The highest BCUT2D eigenvalue weighted by Crippen LogP contribution is 2.21. The molecule has 0 fully saturated rings. The number of amides is 1. The molecule has 1 heterocycles. The second-order valence-corrected chi connectivity index (χ2v) is 6.85. The fourth-order valence-electron chi connectivity index (χ4n) is 3.14. The van der Waals surface area contributed by atoms with Crippen LogP contribution in [0.3, 0.4) is 0 Å². The van der Waals surface area contributed by atoms with Crippen molar-refractivity contribution < 1.29 is 19.1 Å². The van der Waals surface area contributed by atoms with Gasteiger partial charge in [-0.2, -0.15) is 0 Å². The van der Waals surface area contributed by atoms with Crippen LogP contribution in [0, 0.1) is 13.8 Å².